The minimum absolute atomic E-state index is 0.142. The number of para-hydroxylation sites is 1. The molecule has 6 nitrogen and oxygen atoms in total. The minimum Gasteiger partial charge on any atom is -0.452 e. The van der Waals surface area contributed by atoms with Gasteiger partial charge in [-0.2, -0.15) is 0 Å². The molecule has 0 bridgehead atoms. The average molecular weight is 408 g/mol. The highest BCUT2D eigenvalue weighted by atomic mass is 16.5. The van der Waals surface area contributed by atoms with E-state index in [9.17, 15) is 9.59 Å². The second kappa shape index (κ2) is 8.78. The number of carbonyl (C=O) groups is 2. The summed E-state index contributed by atoms with van der Waals surface area (Å²) >= 11 is 0. The molecule has 1 aliphatic heterocycles. The van der Waals surface area contributed by atoms with Gasteiger partial charge in [0.25, 0.3) is 5.91 Å². The quantitative estimate of drug-likeness (QED) is 0.544. The first-order chi connectivity index (χ1) is 14.5. The van der Waals surface area contributed by atoms with Gasteiger partial charge in [-0.05, 0) is 56.5 Å². The lowest BCUT2D eigenvalue weighted by atomic mass is 10.2. The van der Waals surface area contributed by atoms with E-state index in [0.717, 1.165) is 18.7 Å². The Balaban J connectivity index is 1.24. The van der Waals surface area contributed by atoms with Crippen LogP contribution in [0.15, 0.2) is 42.5 Å². The van der Waals surface area contributed by atoms with E-state index in [1.807, 2.05) is 18.2 Å². The van der Waals surface area contributed by atoms with Crippen LogP contribution in [0.4, 0.5) is 5.69 Å². The number of aromatic nitrogens is 1. The lowest BCUT2D eigenvalue weighted by Crippen LogP contribution is -2.49. The van der Waals surface area contributed by atoms with Crippen molar-refractivity contribution < 1.29 is 14.3 Å². The molecule has 1 saturated carbocycles. The Kier molecular flexibility index (Phi) is 5.93. The van der Waals surface area contributed by atoms with Crippen LogP contribution >= 0.6 is 0 Å². The lowest BCUT2D eigenvalue weighted by molar-refractivity contribution is -0.148. The van der Waals surface area contributed by atoms with Crippen molar-refractivity contribution in [2.45, 2.75) is 32.7 Å². The molecule has 1 saturated heterocycles. The molecule has 2 aliphatic rings. The van der Waals surface area contributed by atoms with E-state index in [0.29, 0.717) is 19.1 Å². The number of piperazine rings is 1. The Morgan fingerprint density at radius 3 is 2.43 bits per heavy atom. The van der Waals surface area contributed by atoms with Crippen LogP contribution in [0.1, 0.15) is 35.8 Å². The Morgan fingerprint density at radius 1 is 1.07 bits per heavy atom. The van der Waals surface area contributed by atoms with Crippen LogP contribution in [0.25, 0.3) is 6.08 Å². The van der Waals surface area contributed by atoms with Crippen molar-refractivity contribution in [2.24, 2.45) is 0 Å². The summed E-state index contributed by atoms with van der Waals surface area (Å²) in [7, 11) is 0. The van der Waals surface area contributed by atoms with E-state index in [1.165, 1.54) is 36.0 Å². The number of hydrogen-bond donors (Lipinski definition) is 0. The normalized spacial score (nSPS) is 16.9. The number of benzene rings is 1. The molecule has 1 aromatic carbocycles. The van der Waals surface area contributed by atoms with E-state index in [1.54, 1.807) is 11.0 Å². The van der Waals surface area contributed by atoms with Gasteiger partial charge in [0.2, 0.25) is 0 Å². The molecule has 2 fully saturated rings. The highest BCUT2D eigenvalue weighted by molar-refractivity contribution is 5.89. The summed E-state index contributed by atoms with van der Waals surface area (Å²) in [4.78, 5) is 28.5. The highest BCUT2D eigenvalue weighted by Gasteiger charge is 2.26. The van der Waals surface area contributed by atoms with Gasteiger partial charge in [-0.25, -0.2) is 4.79 Å². The van der Waals surface area contributed by atoms with Crippen molar-refractivity contribution in [3.05, 3.63) is 59.4 Å². The Morgan fingerprint density at radius 2 is 1.77 bits per heavy atom. The summed E-state index contributed by atoms with van der Waals surface area (Å²) in [6.07, 6.45) is 5.65. The van der Waals surface area contributed by atoms with Gasteiger partial charge in [-0.1, -0.05) is 18.2 Å². The number of nitrogens with zero attached hydrogens (tertiary/aromatic N) is 3. The molecule has 1 amide bonds. The molecule has 2 aromatic rings. The van der Waals surface area contributed by atoms with E-state index in [2.05, 4.69) is 41.5 Å². The molecular formula is C24H29N3O3. The van der Waals surface area contributed by atoms with Crippen LogP contribution < -0.4 is 4.90 Å². The predicted molar refractivity (Wildman–Crippen MR) is 117 cm³/mol. The molecule has 2 heterocycles. The zero-order chi connectivity index (χ0) is 21.1. The fraction of sp³-hybridized carbons (Fsp3) is 0.417. The predicted octanol–water partition coefficient (Wildman–Crippen LogP) is 3.35. The molecular weight excluding hydrogens is 378 g/mol. The topological polar surface area (TPSA) is 54.8 Å². The Labute approximate surface area is 177 Å². The first-order valence-corrected chi connectivity index (χ1v) is 10.6. The Bertz CT molecular complexity index is 936. The van der Waals surface area contributed by atoms with Crippen LogP contribution in [-0.4, -0.2) is 54.1 Å². The zero-order valence-electron chi connectivity index (χ0n) is 17.7. The maximum atomic E-state index is 12.4. The molecule has 0 N–H and O–H groups in total. The monoisotopic (exact) mass is 407 g/mol. The molecule has 1 aliphatic carbocycles. The van der Waals surface area contributed by atoms with Gasteiger partial charge >= 0.3 is 5.97 Å². The summed E-state index contributed by atoms with van der Waals surface area (Å²) in [6.45, 7) is 6.78. The molecule has 0 radical (unpaired) electrons. The smallest absolute Gasteiger partial charge is 0.331 e. The van der Waals surface area contributed by atoms with E-state index >= 15 is 0 Å². The first-order valence-electron chi connectivity index (χ1n) is 10.6. The van der Waals surface area contributed by atoms with Gasteiger partial charge in [0.1, 0.15) is 0 Å². The third-order valence-corrected chi connectivity index (χ3v) is 5.93. The number of amides is 1. The van der Waals surface area contributed by atoms with Gasteiger partial charge in [-0.15, -0.1) is 0 Å². The molecule has 6 heteroatoms. The second-order valence-corrected chi connectivity index (χ2v) is 8.07. The van der Waals surface area contributed by atoms with Gasteiger partial charge in [0.15, 0.2) is 6.61 Å². The van der Waals surface area contributed by atoms with Gasteiger partial charge < -0.3 is 19.1 Å². The summed E-state index contributed by atoms with van der Waals surface area (Å²) in [5, 5.41) is 0. The SMILES string of the molecule is Cc1cc(/C=C/C(=O)OCC(=O)N2CCN(c3ccccc3)CC2)c(C)n1C1CC1. The number of hydrogen-bond acceptors (Lipinski definition) is 4. The standard InChI is InChI=1S/C24H29N3O3/c1-18-16-20(19(2)27(18)22-9-10-22)8-11-24(29)30-17-23(28)26-14-12-25(13-15-26)21-6-4-3-5-7-21/h3-8,11,16,22H,9-10,12-15,17H2,1-2H3/b11-8+. The number of ether oxygens (including phenoxy) is 1. The molecule has 4 rings (SSSR count). The molecule has 0 spiro atoms. The van der Waals surface area contributed by atoms with Crippen molar-refractivity contribution >= 4 is 23.6 Å². The fourth-order valence-corrected chi connectivity index (χ4v) is 4.15. The molecule has 158 valence electrons. The van der Waals surface area contributed by atoms with Crippen LogP contribution in [0.3, 0.4) is 0 Å². The van der Waals surface area contributed by atoms with Gasteiger partial charge in [0.05, 0.1) is 0 Å². The van der Waals surface area contributed by atoms with Crippen molar-refractivity contribution in [1.29, 1.82) is 0 Å². The molecule has 0 atom stereocenters. The number of aryl methyl sites for hydroxylation is 1. The number of esters is 1. The number of carbonyl (C=O) groups excluding carboxylic acids is 2. The van der Waals surface area contributed by atoms with Crippen LogP contribution in [0.5, 0.6) is 0 Å². The van der Waals surface area contributed by atoms with Gasteiger partial charge in [-0.3, -0.25) is 4.79 Å². The fourth-order valence-electron chi connectivity index (χ4n) is 4.15. The largest absolute Gasteiger partial charge is 0.452 e. The summed E-state index contributed by atoms with van der Waals surface area (Å²) in [6, 6.07) is 12.9. The Hall–Kier alpha value is -3.02. The third-order valence-electron chi connectivity index (χ3n) is 5.93. The average Bonchev–Trinajstić information content (AvgIpc) is 3.56. The van der Waals surface area contributed by atoms with Gasteiger partial charge in [0, 0.05) is 55.4 Å². The van der Waals surface area contributed by atoms with Crippen LogP contribution in [0, 0.1) is 13.8 Å². The number of anilines is 1. The second-order valence-electron chi connectivity index (χ2n) is 8.07. The number of rotatable bonds is 6. The van der Waals surface area contributed by atoms with Crippen molar-refractivity contribution in [3.8, 4) is 0 Å². The first kappa shape index (κ1) is 20.3. The molecule has 1 aromatic heterocycles. The van der Waals surface area contributed by atoms with Crippen molar-refractivity contribution in [3.63, 3.8) is 0 Å². The van der Waals surface area contributed by atoms with Crippen LogP contribution in [-0.2, 0) is 14.3 Å². The summed E-state index contributed by atoms with van der Waals surface area (Å²) in [5.74, 6) is -0.626. The maximum Gasteiger partial charge on any atom is 0.331 e. The minimum atomic E-state index is -0.484. The lowest BCUT2D eigenvalue weighted by Gasteiger charge is -2.36. The van der Waals surface area contributed by atoms with Crippen molar-refractivity contribution in [2.75, 3.05) is 37.7 Å². The highest BCUT2D eigenvalue weighted by Crippen LogP contribution is 2.38. The zero-order valence-corrected chi connectivity index (χ0v) is 17.7. The summed E-state index contributed by atoms with van der Waals surface area (Å²) in [5.41, 5.74) is 4.58. The van der Waals surface area contributed by atoms with Crippen LogP contribution in [0.2, 0.25) is 0 Å². The third kappa shape index (κ3) is 4.58. The van der Waals surface area contributed by atoms with E-state index < -0.39 is 5.97 Å². The summed E-state index contributed by atoms with van der Waals surface area (Å²) < 4.78 is 7.53. The molecule has 30 heavy (non-hydrogen) atoms. The maximum absolute atomic E-state index is 12.4. The van der Waals surface area contributed by atoms with E-state index in [-0.39, 0.29) is 12.5 Å². The molecule has 0 unspecified atom stereocenters. The van der Waals surface area contributed by atoms with Crippen molar-refractivity contribution in [1.82, 2.24) is 9.47 Å². The van der Waals surface area contributed by atoms with E-state index in [4.69, 9.17) is 4.74 Å².